The summed E-state index contributed by atoms with van der Waals surface area (Å²) >= 11 is 2.32. The van der Waals surface area contributed by atoms with E-state index in [1.54, 1.807) is 0 Å². The van der Waals surface area contributed by atoms with Crippen LogP contribution in [0, 0.1) is 0 Å². The van der Waals surface area contributed by atoms with Crippen LogP contribution < -0.4 is 0 Å². The van der Waals surface area contributed by atoms with E-state index >= 15 is 0 Å². The van der Waals surface area contributed by atoms with Crippen LogP contribution in [0.2, 0.25) is 0 Å². The van der Waals surface area contributed by atoms with Crippen LogP contribution in [0.5, 0.6) is 0 Å². The van der Waals surface area contributed by atoms with Gasteiger partial charge in [-0.2, -0.15) is 0 Å². The molecule has 0 radical (unpaired) electrons. The van der Waals surface area contributed by atoms with Gasteiger partial charge in [-0.1, -0.05) is 24.3 Å². The molecule has 0 atom stereocenters. The normalized spacial score (nSPS) is 22.6. The van der Waals surface area contributed by atoms with Gasteiger partial charge in [-0.15, -0.1) is 5.73 Å². The number of nitrogens with zero attached hydrogens (tertiary/aromatic N) is 1. The zero-order valence-electron chi connectivity index (χ0n) is 6.96. The molecule has 12 heavy (non-hydrogen) atoms. The van der Waals surface area contributed by atoms with Crippen LogP contribution in [-0.2, 0) is 0 Å². The molecule has 0 bridgehead atoms. The van der Waals surface area contributed by atoms with Gasteiger partial charge in [0.05, 0.1) is 0 Å². The van der Waals surface area contributed by atoms with Crippen LogP contribution in [0.1, 0.15) is 6.42 Å². The van der Waals surface area contributed by atoms with Crippen LogP contribution in [0.3, 0.4) is 0 Å². The molecular formula is C10H12IN. The number of allylic oxidation sites excluding steroid dienone is 2. The Balaban J connectivity index is 2.65. The first-order chi connectivity index (χ1) is 5.79. The van der Waals surface area contributed by atoms with Crippen molar-refractivity contribution in [2.45, 2.75) is 6.42 Å². The first-order valence-corrected chi connectivity index (χ1v) is 4.91. The van der Waals surface area contributed by atoms with Crippen LogP contribution in [-0.4, -0.2) is 16.2 Å². The average Bonchev–Trinajstić information content (AvgIpc) is 2.07. The highest BCUT2D eigenvalue weighted by Crippen LogP contribution is 2.07. The van der Waals surface area contributed by atoms with E-state index in [1.807, 2.05) is 24.3 Å². The highest BCUT2D eigenvalue weighted by Gasteiger charge is 1.97. The molecule has 0 unspecified atom stereocenters. The summed E-state index contributed by atoms with van der Waals surface area (Å²) < 4.78 is 2.23. The fourth-order valence-corrected chi connectivity index (χ4v) is 1.34. The Hall–Kier alpha value is -0.310. The summed E-state index contributed by atoms with van der Waals surface area (Å²) in [6.45, 7) is 5.96. The maximum Gasteiger partial charge on any atom is 0.0336 e. The number of halogens is 1. The molecule has 0 saturated carbocycles. The zero-order chi connectivity index (χ0) is 8.81. The molecule has 0 aliphatic carbocycles. The molecule has 0 amide bonds. The molecule has 0 aromatic heterocycles. The third-order valence-corrected chi connectivity index (χ3v) is 2.48. The van der Waals surface area contributed by atoms with E-state index in [9.17, 15) is 0 Å². The first-order valence-electron chi connectivity index (χ1n) is 3.95. The van der Waals surface area contributed by atoms with Crippen molar-refractivity contribution in [3.63, 3.8) is 0 Å². The highest BCUT2D eigenvalue weighted by atomic mass is 127. The Bertz CT molecular complexity index is 243. The Morgan fingerprint density at radius 2 is 2.42 bits per heavy atom. The Morgan fingerprint density at radius 1 is 1.58 bits per heavy atom. The zero-order valence-corrected chi connectivity index (χ0v) is 9.12. The number of rotatable bonds is 0. The van der Waals surface area contributed by atoms with Crippen molar-refractivity contribution in [1.29, 1.82) is 0 Å². The van der Waals surface area contributed by atoms with Gasteiger partial charge in [0.1, 0.15) is 0 Å². The van der Waals surface area contributed by atoms with Gasteiger partial charge in [-0.25, -0.2) is 3.11 Å². The summed E-state index contributed by atoms with van der Waals surface area (Å²) in [6.07, 6.45) is 9.02. The second-order valence-corrected chi connectivity index (χ2v) is 4.04. The van der Waals surface area contributed by atoms with Crippen molar-refractivity contribution in [1.82, 2.24) is 3.11 Å². The van der Waals surface area contributed by atoms with E-state index in [2.05, 4.69) is 38.3 Å². The lowest BCUT2D eigenvalue weighted by Gasteiger charge is -2.11. The van der Waals surface area contributed by atoms with Crippen LogP contribution in [0.15, 0.2) is 42.2 Å². The van der Waals surface area contributed by atoms with Gasteiger partial charge in [-0.05, 0) is 18.6 Å². The van der Waals surface area contributed by atoms with Gasteiger partial charge >= 0.3 is 0 Å². The SMILES string of the molecule is C=C1/C=C\C=C=CCN(I)CC1. The van der Waals surface area contributed by atoms with Gasteiger partial charge in [0.2, 0.25) is 0 Å². The van der Waals surface area contributed by atoms with Crippen LogP contribution >= 0.6 is 22.9 Å². The highest BCUT2D eigenvalue weighted by molar-refractivity contribution is 14.1. The Labute approximate surface area is 87.6 Å². The summed E-state index contributed by atoms with van der Waals surface area (Å²) in [5, 5.41) is 0. The minimum Gasteiger partial charge on any atom is -0.243 e. The number of hydrogen-bond donors (Lipinski definition) is 0. The molecule has 1 aliphatic rings. The van der Waals surface area contributed by atoms with Crippen molar-refractivity contribution in [3.8, 4) is 0 Å². The third-order valence-electron chi connectivity index (χ3n) is 1.61. The predicted octanol–water partition coefficient (Wildman–Crippen LogP) is 2.87. The monoisotopic (exact) mass is 273 g/mol. The van der Waals surface area contributed by atoms with E-state index in [1.165, 1.54) is 5.57 Å². The van der Waals surface area contributed by atoms with Crippen LogP contribution in [0.25, 0.3) is 0 Å². The Morgan fingerprint density at radius 3 is 3.25 bits per heavy atom. The lowest BCUT2D eigenvalue weighted by molar-refractivity contribution is 0.565. The predicted molar refractivity (Wildman–Crippen MR) is 61.1 cm³/mol. The fraction of sp³-hybridized carbons (Fsp3) is 0.300. The first kappa shape index (κ1) is 9.78. The van der Waals surface area contributed by atoms with Crippen molar-refractivity contribution in [2.75, 3.05) is 13.1 Å². The standard InChI is InChI=1S/C10H12IN/c1-10-6-4-2-3-5-8-12(11)9-7-10/h2,4-6H,1,7-9H2/b6-4-. The summed E-state index contributed by atoms with van der Waals surface area (Å²) in [5.74, 6) is 0. The lowest BCUT2D eigenvalue weighted by Crippen LogP contribution is -2.12. The minimum absolute atomic E-state index is 0.957. The molecule has 1 heterocycles. The summed E-state index contributed by atoms with van der Waals surface area (Å²) in [5.41, 5.74) is 4.26. The van der Waals surface area contributed by atoms with Crippen molar-refractivity contribution in [3.05, 3.63) is 42.2 Å². The van der Waals surface area contributed by atoms with Crippen molar-refractivity contribution in [2.24, 2.45) is 0 Å². The molecule has 1 aliphatic heterocycles. The van der Waals surface area contributed by atoms with E-state index < -0.39 is 0 Å². The van der Waals surface area contributed by atoms with Gasteiger partial charge < -0.3 is 0 Å². The lowest BCUT2D eigenvalue weighted by atomic mass is 10.2. The Kier molecular flexibility index (Phi) is 4.36. The van der Waals surface area contributed by atoms with Crippen molar-refractivity contribution >= 4 is 22.9 Å². The molecule has 0 fully saturated rings. The van der Waals surface area contributed by atoms with Gasteiger partial charge in [0.25, 0.3) is 0 Å². The summed E-state index contributed by atoms with van der Waals surface area (Å²) in [7, 11) is 0. The van der Waals surface area contributed by atoms with Gasteiger partial charge in [0.15, 0.2) is 0 Å². The smallest absolute Gasteiger partial charge is 0.0336 e. The summed E-state index contributed by atoms with van der Waals surface area (Å²) in [6, 6.07) is 0. The molecule has 0 saturated heterocycles. The topological polar surface area (TPSA) is 3.24 Å². The van der Waals surface area contributed by atoms with Gasteiger partial charge in [0, 0.05) is 36.0 Å². The molecular weight excluding hydrogens is 261 g/mol. The minimum atomic E-state index is 0.957. The second-order valence-electron chi connectivity index (χ2n) is 2.67. The van der Waals surface area contributed by atoms with E-state index in [-0.39, 0.29) is 0 Å². The van der Waals surface area contributed by atoms with Crippen LogP contribution in [0.4, 0.5) is 0 Å². The maximum absolute atomic E-state index is 3.95. The molecule has 0 spiro atoms. The quantitative estimate of drug-likeness (QED) is 0.372. The molecule has 2 heteroatoms. The largest absolute Gasteiger partial charge is 0.243 e. The number of hydrogen-bond acceptors (Lipinski definition) is 1. The second kappa shape index (κ2) is 5.36. The average molecular weight is 273 g/mol. The summed E-state index contributed by atoms with van der Waals surface area (Å²) in [4.78, 5) is 0. The van der Waals surface area contributed by atoms with E-state index in [0.29, 0.717) is 0 Å². The molecule has 1 rings (SSSR count). The van der Waals surface area contributed by atoms with Crippen molar-refractivity contribution < 1.29 is 0 Å². The molecule has 0 N–H and O–H groups in total. The van der Waals surface area contributed by atoms with E-state index in [0.717, 1.165) is 19.5 Å². The molecule has 0 aromatic carbocycles. The third kappa shape index (κ3) is 3.90. The van der Waals surface area contributed by atoms with Gasteiger partial charge in [-0.3, -0.25) is 0 Å². The molecule has 0 aromatic rings. The van der Waals surface area contributed by atoms with E-state index in [4.69, 9.17) is 0 Å². The molecule has 1 nitrogen and oxygen atoms in total. The fourth-order valence-electron chi connectivity index (χ4n) is 0.899. The molecule has 64 valence electrons. The maximum atomic E-state index is 3.95.